The first-order chi connectivity index (χ1) is 10.5. The number of allylic oxidation sites excluding steroid dienone is 1. The normalized spacial score (nSPS) is 27.6. The van der Waals surface area contributed by atoms with E-state index in [0.29, 0.717) is 17.9 Å². The average molecular weight is 319 g/mol. The summed E-state index contributed by atoms with van der Waals surface area (Å²) in [6.45, 7) is 3.99. The zero-order chi connectivity index (χ0) is 15.9. The van der Waals surface area contributed by atoms with E-state index >= 15 is 0 Å². The lowest BCUT2D eigenvalue weighted by atomic mass is 9.67. The number of hydrogen-bond donors (Lipinski definition) is 2. The van der Waals surface area contributed by atoms with E-state index in [1.165, 1.54) is 0 Å². The van der Waals surface area contributed by atoms with Gasteiger partial charge in [0, 0.05) is 17.1 Å². The van der Waals surface area contributed by atoms with Gasteiger partial charge >= 0.3 is 0 Å². The van der Waals surface area contributed by atoms with Crippen molar-refractivity contribution in [1.82, 2.24) is 5.32 Å². The molecule has 0 bridgehead atoms. The van der Waals surface area contributed by atoms with E-state index in [4.69, 9.17) is 11.6 Å². The maximum absolute atomic E-state index is 12.8. The molecule has 1 saturated heterocycles. The van der Waals surface area contributed by atoms with E-state index in [9.17, 15) is 9.59 Å². The Hall–Kier alpha value is -1.81. The molecule has 1 spiro atoms. The van der Waals surface area contributed by atoms with E-state index in [1.54, 1.807) is 12.1 Å². The zero-order valence-corrected chi connectivity index (χ0v) is 13.5. The lowest BCUT2D eigenvalue weighted by Gasteiger charge is -2.41. The molecule has 3 rings (SSSR count). The Morgan fingerprint density at radius 3 is 2.91 bits per heavy atom. The SMILES string of the molecule is C/C=C(\CC)[C@H]1NC(=O)CC[C@]12C(=O)Nc1cc(Cl)ccc12. The van der Waals surface area contributed by atoms with Gasteiger partial charge in [-0.2, -0.15) is 0 Å². The van der Waals surface area contributed by atoms with Crippen LogP contribution in [0.5, 0.6) is 0 Å². The van der Waals surface area contributed by atoms with Crippen LogP contribution in [-0.2, 0) is 15.0 Å². The predicted molar refractivity (Wildman–Crippen MR) is 87.0 cm³/mol. The van der Waals surface area contributed by atoms with Crippen LogP contribution in [0.3, 0.4) is 0 Å². The maximum Gasteiger partial charge on any atom is 0.237 e. The quantitative estimate of drug-likeness (QED) is 0.823. The molecule has 4 nitrogen and oxygen atoms in total. The van der Waals surface area contributed by atoms with Crippen molar-refractivity contribution < 1.29 is 9.59 Å². The van der Waals surface area contributed by atoms with Gasteiger partial charge in [0.2, 0.25) is 11.8 Å². The number of piperidine rings is 1. The first kappa shape index (κ1) is 15.1. The number of anilines is 1. The number of nitrogens with one attached hydrogen (secondary N) is 2. The lowest BCUT2D eigenvalue weighted by molar-refractivity contribution is -0.129. The third-order valence-electron chi connectivity index (χ3n) is 4.81. The van der Waals surface area contributed by atoms with Gasteiger partial charge in [-0.1, -0.05) is 36.2 Å². The molecule has 5 heteroatoms. The molecule has 2 aliphatic rings. The number of carbonyl (C=O) groups excluding carboxylic acids is 2. The van der Waals surface area contributed by atoms with Gasteiger partial charge in [0.1, 0.15) is 5.41 Å². The first-order valence-electron chi connectivity index (χ1n) is 7.59. The van der Waals surface area contributed by atoms with Gasteiger partial charge in [-0.15, -0.1) is 0 Å². The molecule has 0 unspecified atom stereocenters. The second-order valence-corrected chi connectivity index (χ2v) is 6.27. The molecule has 1 aromatic carbocycles. The van der Waals surface area contributed by atoms with Gasteiger partial charge in [0.05, 0.1) is 6.04 Å². The Balaban J connectivity index is 2.17. The molecular formula is C17H19ClN2O2. The van der Waals surface area contributed by atoms with Crippen molar-refractivity contribution in [1.29, 1.82) is 0 Å². The van der Waals surface area contributed by atoms with Crippen LogP contribution in [0.25, 0.3) is 0 Å². The lowest BCUT2D eigenvalue weighted by Crippen LogP contribution is -2.59. The highest BCUT2D eigenvalue weighted by molar-refractivity contribution is 6.31. The second kappa shape index (κ2) is 5.43. The minimum atomic E-state index is -0.730. The second-order valence-electron chi connectivity index (χ2n) is 5.83. The summed E-state index contributed by atoms with van der Waals surface area (Å²) >= 11 is 6.04. The fourth-order valence-corrected chi connectivity index (χ4v) is 3.87. The van der Waals surface area contributed by atoms with Crippen LogP contribution in [-0.4, -0.2) is 17.9 Å². The first-order valence-corrected chi connectivity index (χ1v) is 7.96. The maximum atomic E-state index is 12.8. The molecule has 0 aliphatic carbocycles. The number of fused-ring (bicyclic) bond motifs is 2. The minimum absolute atomic E-state index is 0.00126. The average Bonchev–Trinajstić information content (AvgIpc) is 2.76. The fourth-order valence-electron chi connectivity index (χ4n) is 3.70. The molecule has 2 N–H and O–H groups in total. The topological polar surface area (TPSA) is 58.2 Å². The molecule has 2 atom stereocenters. The van der Waals surface area contributed by atoms with Crippen molar-refractivity contribution in [3.05, 3.63) is 40.4 Å². The van der Waals surface area contributed by atoms with E-state index in [2.05, 4.69) is 10.6 Å². The van der Waals surface area contributed by atoms with Crippen molar-refractivity contribution >= 4 is 29.1 Å². The molecule has 0 aromatic heterocycles. The Labute approximate surface area is 134 Å². The highest BCUT2D eigenvalue weighted by Crippen LogP contribution is 2.48. The van der Waals surface area contributed by atoms with Crippen LogP contribution in [0.4, 0.5) is 5.69 Å². The molecule has 1 fully saturated rings. The van der Waals surface area contributed by atoms with Gasteiger partial charge in [0.15, 0.2) is 0 Å². The van der Waals surface area contributed by atoms with Crippen LogP contribution < -0.4 is 10.6 Å². The summed E-state index contributed by atoms with van der Waals surface area (Å²) in [4.78, 5) is 24.8. The summed E-state index contributed by atoms with van der Waals surface area (Å²) in [5.74, 6) is -0.0544. The number of halogens is 1. The Morgan fingerprint density at radius 2 is 2.23 bits per heavy atom. The summed E-state index contributed by atoms with van der Waals surface area (Å²) in [6.07, 6.45) is 3.66. The highest BCUT2D eigenvalue weighted by atomic mass is 35.5. The molecule has 116 valence electrons. The van der Waals surface area contributed by atoms with Crippen LogP contribution in [0.2, 0.25) is 5.02 Å². The third-order valence-corrected chi connectivity index (χ3v) is 5.05. The number of carbonyl (C=O) groups is 2. The Bertz CT molecular complexity index is 683. The van der Waals surface area contributed by atoms with Crippen LogP contribution in [0.15, 0.2) is 29.8 Å². The number of benzene rings is 1. The minimum Gasteiger partial charge on any atom is -0.348 e. The molecule has 2 heterocycles. The Kier molecular flexibility index (Phi) is 3.73. The predicted octanol–water partition coefficient (Wildman–Crippen LogP) is 3.16. The van der Waals surface area contributed by atoms with Crippen LogP contribution >= 0.6 is 11.6 Å². The van der Waals surface area contributed by atoms with Crippen molar-refractivity contribution in [2.24, 2.45) is 0 Å². The van der Waals surface area contributed by atoms with Crippen LogP contribution in [0.1, 0.15) is 38.7 Å². The number of rotatable bonds is 2. The zero-order valence-electron chi connectivity index (χ0n) is 12.7. The number of hydrogen-bond acceptors (Lipinski definition) is 2. The summed E-state index contributed by atoms with van der Waals surface area (Å²) in [7, 11) is 0. The Morgan fingerprint density at radius 1 is 1.45 bits per heavy atom. The van der Waals surface area contributed by atoms with E-state index in [0.717, 1.165) is 23.2 Å². The van der Waals surface area contributed by atoms with Crippen molar-refractivity contribution in [3.63, 3.8) is 0 Å². The summed E-state index contributed by atoms with van der Waals surface area (Å²) in [5.41, 5.74) is 2.03. The fraction of sp³-hybridized carbons (Fsp3) is 0.412. The van der Waals surface area contributed by atoms with Crippen molar-refractivity contribution in [2.75, 3.05) is 5.32 Å². The van der Waals surface area contributed by atoms with Gasteiger partial charge in [-0.05, 0) is 37.5 Å². The van der Waals surface area contributed by atoms with Gasteiger partial charge in [-0.25, -0.2) is 0 Å². The largest absolute Gasteiger partial charge is 0.348 e. The molecule has 2 amide bonds. The standard InChI is InChI=1S/C17H19ClN2O2/c1-3-10(4-2)15-17(8-7-14(21)20-15)12-6-5-11(18)9-13(12)19-16(17)22/h3,5-6,9,15H,4,7-8H2,1-2H3,(H,19,22)(H,20,21)/b10-3+/t15-,17-/m1/s1. The third kappa shape index (κ3) is 2.05. The monoisotopic (exact) mass is 318 g/mol. The van der Waals surface area contributed by atoms with Crippen molar-refractivity contribution in [3.8, 4) is 0 Å². The molecule has 22 heavy (non-hydrogen) atoms. The van der Waals surface area contributed by atoms with E-state index < -0.39 is 5.41 Å². The molecular weight excluding hydrogens is 300 g/mol. The molecule has 2 aliphatic heterocycles. The van der Waals surface area contributed by atoms with Crippen molar-refractivity contribution in [2.45, 2.75) is 44.6 Å². The summed E-state index contributed by atoms with van der Waals surface area (Å²) < 4.78 is 0. The van der Waals surface area contributed by atoms with E-state index in [1.807, 2.05) is 26.0 Å². The molecule has 0 radical (unpaired) electrons. The van der Waals surface area contributed by atoms with Crippen LogP contribution in [0, 0.1) is 0 Å². The molecule has 0 saturated carbocycles. The summed E-state index contributed by atoms with van der Waals surface area (Å²) in [6, 6.07) is 5.18. The highest BCUT2D eigenvalue weighted by Gasteiger charge is 2.55. The number of amides is 2. The molecule has 1 aromatic rings. The van der Waals surface area contributed by atoms with Gasteiger partial charge in [0.25, 0.3) is 0 Å². The van der Waals surface area contributed by atoms with E-state index in [-0.39, 0.29) is 17.9 Å². The van der Waals surface area contributed by atoms with Gasteiger partial charge < -0.3 is 10.6 Å². The summed E-state index contributed by atoms with van der Waals surface area (Å²) in [5, 5.41) is 6.57. The smallest absolute Gasteiger partial charge is 0.237 e. The van der Waals surface area contributed by atoms with Gasteiger partial charge in [-0.3, -0.25) is 9.59 Å².